The van der Waals surface area contributed by atoms with Crippen LogP contribution in [0.25, 0.3) is 11.1 Å². The van der Waals surface area contributed by atoms with Crippen molar-refractivity contribution in [3.63, 3.8) is 0 Å². The van der Waals surface area contributed by atoms with Crippen LogP contribution in [0, 0.1) is 0 Å². The fourth-order valence-corrected chi connectivity index (χ4v) is 6.19. The highest BCUT2D eigenvalue weighted by Crippen LogP contribution is 2.36. The molecule has 0 aliphatic heterocycles. The van der Waals surface area contributed by atoms with Gasteiger partial charge in [0.15, 0.2) is 0 Å². The van der Waals surface area contributed by atoms with Gasteiger partial charge in [-0.25, -0.2) is 0 Å². The van der Waals surface area contributed by atoms with E-state index in [1.165, 1.54) is 125 Å². The topological polar surface area (TPSA) is 0 Å². The maximum Gasteiger partial charge on any atom is -0.0225 e. The molecule has 0 aromatic heterocycles. The Labute approximate surface area is 209 Å². The number of benzene rings is 2. The molecule has 0 radical (unpaired) electrons. The molecular weight excluding hydrogens is 408 g/mol. The smallest absolute Gasteiger partial charge is 0.0225 e. The highest BCUT2D eigenvalue weighted by molar-refractivity contribution is 5.70. The minimum Gasteiger partial charge on any atom is -0.0664 e. The van der Waals surface area contributed by atoms with Gasteiger partial charge in [-0.3, -0.25) is 0 Å². The van der Waals surface area contributed by atoms with Crippen LogP contribution < -0.4 is 0 Å². The molecule has 0 spiro atoms. The summed E-state index contributed by atoms with van der Waals surface area (Å²) in [4.78, 5) is 0. The number of hydrogen-bond acceptors (Lipinski definition) is 0. The number of hydrogen-bond donors (Lipinski definition) is 0. The van der Waals surface area contributed by atoms with E-state index in [1.807, 2.05) is 0 Å². The summed E-state index contributed by atoms with van der Waals surface area (Å²) in [5.41, 5.74) is 12.8. The van der Waals surface area contributed by atoms with E-state index in [0.29, 0.717) is 0 Å². The van der Waals surface area contributed by atoms with Crippen molar-refractivity contribution in [3.05, 3.63) is 81.9 Å². The molecule has 34 heavy (non-hydrogen) atoms. The Hall–Kier alpha value is -2.08. The second-order valence-corrected chi connectivity index (χ2v) is 10.7. The first kappa shape index (κ1) is 25.0. The number of rotatable bonds is 11. The fraction of sp³-hybridized carbons (Fsp3) is 0.529. The lowest BCUT2D eigenvalue weighted by Crippen LogP contribution is -2.00. The van der Waals surface area contributed by atoms with E-state index in [1.54, 1.807) is 22.3 Å². The SMILES string of the molecule is CCCC1=C(c2ccc(CCCCc3ccc(C4=C(CCC)CCCC4)cc3)cc2)CCCC1. The molecule has 0 bridgehead atoms. The molecule has 182 valence electrons. The monoisotopic (exact) mass is 454 g/mol. The summed E-state index contributed by atoms with van der Waals surface area (Å²) >= 11 is 0. The second-order valence-electron chi connectivity index (χ2n) is 10.7. The van der Waals surface area contributed by atoms with Crippen LogP contribution in [0.3, 0.4) is 0 Å². The zero-order valence-corrected chi connectivity index (χ0v) is 21.9. The highest BCUT2D eigenvalue weighted by Gasteiger charge is 2.15. The molecule has 2 aliphatic rings. The summed E-state index contributed by atoms with van der Waals surface area (Å²) in [5.74, 6) is 0. The van der Waals surface area contributed by atoms with Gasteiger partial charge in [-0.15, -0.1) is 0 Å². The van der Waals surface area contributed by atoms with Crippen molar-refractivity contribution in [2.24, 2.45) is 0 Å². The molecule has 0 N–H and O–H groups in total. The van der Waals surface area contributed by atoms with Crippen LogP contribution in [0.5, 0.6) is 0 Å². The zero-order chi connectivity index (χ0) is 23.6. The van der Waals surface area contributed by atoms with Gasteiger partial charge in [0.2, 0.25) is 0 Å². The summed E-state index contributed by atoms with van der Waals surface area (Å²) in [7, 11) is 0. The Balaban J connectivity index is 1.27. The van der Waals surface area contributed by atoms with Gasteiger partial charge in [-0.05, 0) is 123 Å². The van der Waals surface area contributed by atoms with Crippen molar-refractivity contribution in [3.8, 4) is 0 Å². The third kappa shape index (κ3) is 6.74. The molecule has 0 saturated heterocycles. The molecule has 0 heterocycles. The van der Waals surface area contributed by atoms with E-state index < -0.39 is 0 Å². The first-order valence-electron chi connectivity index (χ1n) is 14.4. The first-order chi connectivity index (χ1) is 16.8. The van der Waals surface area contributed by atoms with Crippen molar-refractivity contribution in [2.45, 2.75) is 117 Å². The predicted octanol–water partition coefficient (Wildman–Crippen LogP) is 10.5. The summed E-state index contributed by atoms with van der Waals surface area (Å²) in [5, 5.41) is 0. The molecular formula is C34H46. The van der Waals surface area contributed by atoms with Gasteiger partial charge in [0.05, 0.1) is 0 Å². The van der Waals surface area contributed by atoms with Crippen molar-refractivity contribution in [1.29, 1.82) is 0 Å². The Morgan fingerprint density at radius 3 is 1.24 bits per heavy atom. The molecule has 0 atom stereocenters. The maximum atomic E-state index is 2.40. The van der Waals surface area contributed by atoms with Crippen LogP contribution in [-0.4, -0.2) is 0 Å². The standard InChI is InChI=1S/C34H46/c1-3-11-29-15-7-9-17-33(29)31-23-19-27(20-24-31)13-5-6-14-28-21-25-32(26-22-28)34-18-10-8-16-30(34)12-4-2/h19-26H,3-18H2,1-2H3. The average Bonchev–Trinajstić information content (AvgIpc) is 2.89. The summed E-state index contributed by atoms with van der Waals surface area (Å²) < 4.78 is 0. The normalized spacial score (nSPS) is 16.9. The van der Waals surface area contributed by atoms with Crippen molar-refractivity contribution in [1.82, 2.24) is 0 Å². The Kier molecular flexibility index (Phi) is 9.66. The highest BCUT2D eigenvalue weighted by atomic mass is 14.2. The van der Waals surface area contributed by atoms with Gasteiger partial charge in [0, 0.05) is 0 Å². The number of allylic oxidation sites excluding steroid dienone is 4. The molecule has 0 unspecified atom stereocenters. The van der Waals surface area contributed by atoms with Crippen molar-refractivity contribution in [2.75, 3.05) is 0 Å². The Morgan fingerprint density at radius 2 is 0.853 bits per heavy atom. The fourth-order valence-electron chi connectivity index (χ4n) is 6.19. The first-order valence-corrected chi connectivity index (χ1v) is 14.4. The van der Waals surface area contributed by atoms with E-state index in [2.05, 4.69) is 62.4 Å². The van der Waals surface area contributed by atoms with E-state index in [0.717, 1.165) is 0 Å². The zero-order valence-electron chi connectivity index (χ0n) is 21.9. The molecule has 0 heteroatoms. The third-order valence-electron chi connectivity index (χ3n) is 8.05. The number of unbranched alkanes of at least 4 members (excludes halogenated alkanes) is 1. The van der Waals surface area contributed by atoms with Gasteiger partial charge in [0.25, 0.3) is 0 Å². The molecule has 2 aromatic carbocycles. The minimum absolute atomic E-state index is 1.20. The van der Waals surface area contributed by atoms with Gasteiger partial charge < -0.3 is 0 Å². The molecule has 0 fully saturated rings. The van der Waals surface area contributed by atoms with E-state index >= 15 is 0 Å². The summed E-state index contributed by atoms with van der Waals surface area (Å²) in [6, 6.07) is 19.2. The maximum absolute atomic E-state index is 2.40. The van der Waals surface area contributed by atoms with Crippen LogP contribution in [-0.2, 0) is 12.8 Å². The van der Waals surface area contributed by atoms with E-state index in [-0.39, 0.29) is 0 Å². The lowest BCUT2D eigenvalue weighted by Gasteiger charge is -2.21. The van der Waals surface area contributed by atoms with Gasteiger partial charge >= 0.3 is 0 Å². The van der Waals surface area contributed by atoms with Crippen LogP contribution >= 0.6 is 0 Å². The molecule has 2 aliphatic carbocycles. The summed E-state index contributed by atoms with van der Waals surface area (Å²) in [6.07, 6.45) is 20.8. The Bertz CT molecular complexity index is 871. The van der Waals surface area contributed by atoms with Crippen LogP contribution in [0.4, 0.5) is 0 Å². The molecule has 0 amide bonds. The quantitative estimate of drug-likeness (QED) is 0.296. The van der Waals surface area contributed by atoms with Crippen LogP contribution in [0.2, 0.25) is 0 Å². The van der Waals surface area contributed by atoms with Crippen LogP contribution in [0.1, 0.15) is 126 Å². The van der Waals surface area contributed by atoms with Gasteiger partial charge in [-0.1, -0.05) is 86.4 Å². The lowest BCUT2D eigenvalue weighted by molar-refractivity contribution is 0.681. The van der Waals surface area contributed by atoms with Crippen LogP contribution in [0.15, 0.2) is 59.7 Å². The molecule has 4 rings (SSSR count). The average molecular weight is 455 g/mol. The molecule has 2 aromatic rings. The van der Waals surface area contributed by atoms with E-state index in [9.17, 15) is 0 Å². The van der Waals surface area contributed by atoms with Gasteiger partial charge in [0.1, 0.15) is 0 Å². The number of aryl methyl sites for hydroxylation is 2. The molecule has 0 nitrogen and oxygen atoms in total. The van der Waals surface area contributed by atoms with Crippen molar-refractivity contribution >= 4 is 11.1 Å². The minimum atomic E-state index is 1.20. The third-order valence-corrected chi connectivity index (χ3v) is 8.05. The molecule has 0 saturated carbocycles. The van der Waals surface area contributed by atoms with E-state index in [4.69, 9.17) is 0 Å². The predicted molar refractivity (Wildman–Crippen MR) is 150 cm³/mol. The van der Waals surface area contributed by atoms with Gasteiger partial charge in [-0.2, -0.15) is 0 Å². The Morgan fingerprint density at radius 1 is 0.471 bits per heavy atom. The summed E-state index contributed by atoms with van der Waals surface area (Å²) in [6.45, 7) is 4.63. The second kappa shape index (κ2) is 13.1. The lowest BCUT2D eigenvalue weighted by atomic mass is 9.85. The largest absolute Gasteiger partial charge is 0.0664 e. The van der Waals surface area contributed by atoms with Crippen molar-refractivity contribution < 1.29 is 0 Å².